The monoisotopic (exact) mass is 442 g/mol. The van der Waals surface area contributed by atoms with Gasteiger partial charge in [-0.15, -0.1) is 0 Å². The lowest BCUT2D eigenvalue weighted by Crippen LogP contribution is -2.13. The molecule has 6 nitrogen and oxygen atoms in total. The SMILES string of the molecule is CCC/C(=C\C=C(/C)C(=O)Nc1ccc2c(c1)CCCC2)c1cnc2[nH]cc(C(C)=O)c2n1. The molecule has 1 aliphatic carbocycles. The van der Waals surface area contributed by atoms with Crippen LogP contribution in [0.3, 0.4) is 0 Å². The highest BCUT2D eigenvalue weighted by Gasteiger charge is 2.14. The minimum Gasteiger partial charge on any atom is -0.344 e. The number of fused-ring (bicyclic) bond motifs is 2. The van der Waals surface area contributed by atoms with Gasteiger partial charge in [-0.25, -0.2) is 9.97 Å². The van der Waals surface area contributed by atoms with E-state index in [9.17, 15) is 9.59 Å². The summed E-state index contributed by atoms with van der Waals surface area (Å²) in [7, 11) is 0. The van der Waals surface area contributed by atoms with Gasteiger partial charge in [0.05, 0.1) is 17.5 Å². The molecule has 0 unspecified atom stereocenters. The molecule has 0 spiro atoms. The second kappa shape index (κ2) is 9.94. The lowest BCUT2D eigenvalue weighted by Gasteiger charge is -2.16. The molecule has 33 heavy (non-hydrogen) atoms. The van der Waals surface area contributed by atoms with Crippen molar-refractivity contribution >= 4 is 34.1 Å². The Morgan fingerprint density at radius 2 is 1.91 bits per heavy atom. The minimum absolute atomic E-state index is 0.0525. The number of allylic oxidation sites excluding steroid dienone is 3. The Kier molecular flexibility index (Phi) is 6.82. The average molecular weight is 443 g/mol. The maximum absolute atomic E-state index is 12.8. The predicted octanol–water partition coefficient (Wildman–Crippen LogP) is 5.81. The number of hydrogen-bond donors (Lipinski definition) is 2. The van der Waals surface area contributed by atoms with Gasteiger partial charge in [-0.3, -0.25) is 9.59 Å². The topological polar surface area (TPSA) is 87.7 Å². The average Bonchev–Trinajstić information content (AvgIpc) is 3.25. The fourth-order valence-electron chi connectivity index (χ4n) is 4.22. The summed E-state index contributed by atoms with van der Waals surface area (Å²) in [5, 5.41) is 3.02. The molecule has 1 aromatic carbocycles. The maximum Gasteiger partial charge on any atom is 0.251 e. The summed E-state index contributed by atoms with van der Waals surface area (Å²) in [4.78, 5) is 36.8. The van der Waals surface area contributed by atoms with Gasteiger partial charge in [0.2, 0.25) is 0 Å². The highest BCUT2D eigenvalue weighted by Crippen LogP contribution is 2.25. The van der Waals surface area contributed by atoms with E-state index < -0.39 is 0 Å². The fourth-order valence-corrected chi connectivity index (χ4v) is 4.22. The molecule has 0 radical (unpaired) electrons. The Balaban J connectivity index is 1.55. The van der Waals surface area contributed by atoms with Crippen molar-refractivity contribution < 1.29 is 9.59 Å². The van der Waals surface area contributed by atoms with Crippen LogP contribution in [0.4, 0.5) is 5.69 Å². The highest BCUT2D eigenvalue weighted by molar-refractivity contribution is 6.05. The number of nitrogens with zero attached hydrogens (tertiary/aromatic N) is 2. The summed E-state index contributed by atoms with van der Waals surface area (Å²) < 4.78 is 0. The molecule has 1 aliphatic rings. The lowest BCUT2D eigenvalue weighted by molar-refractivity contribution is -0.112. The maximum atomic E-state index is 12.8. The number of aryl methyl sites for hydroxylation is 2. The number of carbonyl (C=O) groups is 2. The van der Waals surface area contributed by atoms with E-state index in [-0.39, 0.29) is 11.7 Å². The van der Waals surface area contributed by atoms with Crippen LogP contribution in [0, 0.1) is 0 Å². The van der Waals surface area contributed by atoms with Crippen LogP contribution < -0.4 is 5.32 Å². The molecule has 0 bridgehead atoms. The number of rotatable bonds is 7. The smallest absolute Gasteiger partial charge is 0.251 e. The van der Waals surface area contributed by atoms with E-state index >= 15 is 0 Å². The van der Waals surface area contributed by atoms with Crippen LogP contribution in [0.2, 0.25) is 0 Å². The molecule has 6 heteroatoms. The molecule has 0 saturated heterocycles. The Bertz CT molecular complexity index is 1270. The Morgan fingerprint density at radius 3 is 2.67 bits per heavy atom. The number of hydrogen-bond acceptors (Lipinski definition) is 4. The van der Waals surface area contributed by atoms with Crippen LogP contribution in [0.25, 0.3) is 16.7 Å². The minimum atomic E-state index is -0.121. The molecule has 0 saturated carbocycles. The van der Waals surface area contributed by atoms with Crippen molar-refractivity contribution in [2.24, 2.45) is 0 Å². The van der Waals surface area contributed by atoms with Crippen LogP contribution in [-0.2, 0) is 17.6 Å². The molecule has 3 aromatic rings. The van der Waals surface area contributed by atoms with Crippen LogP contribution in [0.5, 0.6) is 0 Å². The highest BCUT2D eigenvalue weighted by atomic mass is 16.1. The second-order valence-corrected chi connectivity index (χ2v) is 8.65. The molecule has 0 aliphatic heterocycles. The normalized spacial score (nSPS) is 14.3. The molecule has 2 aromatic heterocycles. The number of Topliss-reactive ketones (excluding diaryl/α,β-unsaturated/α-hetero) is 1. The van der Waals surface area contributed by atoms with Crippen molar-refractivity contribution in [2.75, 3.05) is 5.32 Å². The number of anilines is 1. The van der Waals surface area contributed by atoms with E-state index in [4.69, 9.17) is 4.98 Å². The third-order valence-corrected chi connectivity index (χ3v) is 6.11. The van der Waals surface area contributed by atoms with Gasteiger partial charge in [-0.2, -0.15) is 0 Å². The first-order valence-electron chi connectivity index (χ1n) is 11.6. The summed E-state index contributed by atoms with van der Waals surface area (Å²) >= 11 is 0. The molecular weight excluding hydrogens is 412 g/mol. The van der Waals surface area contributed by atoms with Gasteiger partial charge in [0.1, 0.15) is 5.52 Å². The van der Waals surface area contributed by atoms with Gasteiger partial charge in [0.25, 0.3) is 5.91 Å². The molecule has 0 atom stereocenters. The van der Waals surface area contributed by atoms with E-state index in [0.717, 1.165) is 36.9 Å². The molecular formula is C27H30N4O2. The number of H-pyrrole nitrogens is 1. The van der Waals surface area contributed by atoms with E-state index in [2.05, 4.69) is 34.3 Å². The number of amides is 1. The van der Waals surface area contributed by atoms with Crippen molar-refractivity contribution in [3.8, 4) is 0 Å². The zero-order chi connectivity index (χ0) is 23.4. The summed E-state index contributed by atoms with van der Waals surface area (Å²) in [6.45, 7) is 5.42. The van der Waals surface area contributed by atoms with Crippen molar-refractivity contribution in [1.29, 1.82) is 0 Å². The van der Waals surface area contributed by atoms with Crippen molar-refractivity contribution in [2.45, 2.75) is 59.3 Å². The number of aromatic amines is 1. The van der Waals surface area contributed by atoms with E-state index in [0.29, 0.717) is 28.0 Å². The predicted molar refractivity (Wildman–Crippen MR) is 132 cm³/mol. The summed E-state index contributed by atoms with van der Waals surface area (Å²) in [6, 6.07) is 6.22. The fraction of sp³-hybridized carbons (Fsp3) is 0.333. The van der Waals surface area contributed by atoms with Gasteiger partial charge in [0, 0.05) is 17.5 Å². The zero-order valence-electron chi connectivity index (χ0n) is 19.5. The number of ketones is 1. The first-order valence-corrected chi connectivity index (χ1v) is 11.6. The lowest BCUT2D eigenvalue weighted by atomic mass is 9.91. The van der Waals surface area contributed by atoms with Crippen LogP contribution in [0.15, 0.2) is 48.3 Å². The van der Waals surface area contributed by atoms with Gasteiger partial charge in [0.15, 0.2) is 11.4 Å². The number of nitrogens with one attached hydrogen (secondary N) is 2. The number of aromatic nitrogens is 3. The van der Waals surface area contributed by atoms with E-state index in [1.807, 2.05) is 25.1 Å². The molecule has 2 N–H and O–H groups in total. The molecule has 4 rings (SSSR count). The van der Waals surface area contributed by atoms with Gasteiger partial charge in [-0.1, -0.05) is 31.6 Å². The summed E-state index contributed by atoms with van der Waals surface area (Å²) in [6.07, 6.45) is 13.5. The first kappa shape index (κ1) is 22.6. The number of carbonyl (C=O) groups excluding carboxylic acids is 2. The molecule has 0 fully saturated rings. The first-order chi connectivity index (χ1) is 16.0. The van der Waals surface area contributed by atoms with Crippen LogP contribution >= 0.6 is 0 Å². The Hall–Kier alpha value is -3.54. The van der Waals surface area contributed by atoms with Crippen LogP contribution in [0.1, 0.15) is 73.6 Å². The zero-order valence-corrected chi connectivity index (χ0v) is 19.5. The van der Waals surface area contributed by atoms with Crippen LogP contribution in [-0.4, -0.2) is 26.6 Å². The van der Waals surface area contributed by atoms with Crippen molar-refractivity contribution in [1.82, 2.24) is 15.0 Å². The van der Waals surface area contributed by atoms with Gasteiger partial charge in [-0.05, 0) is 74.8 Å². The molecule has 2 heterocycles. The quantitative estimate of drug-likeness (QED) is 0.275. The third-order valence-electron chi connectivity index (χ3n) is 6.11. The standard InChI is InChI=1S/C27H30N4O2/c1-4-7-20(24-16-29-26-25(31-24)23(15-28-26)18(3)32)11-10-17(2)27(33)30-22-13-12-19-8-5-6-9-21(19)14-22/h10-16H,4-9H2,1-3H3,(H,28,29)(H,30,33)/b17-10+,20-11+. The molecule has 1 amide bonds. The Labute approximate surface area is 194 Å². The summed E-state index contributed by atoms with van der Waals surface area (Å²) in [5.74, 6) is -0.174. The van der Waals surface area contributed by atoms with E-state index in [1.165, 1.54) is 30.9 Å². The Morgan fingerprint density at radius 1 is 1.12 bits per heavy atom. The van der Waals surface area contributed by atoms with Crippen molar-refractivity contribution in [3.63, 3.8) is 0 Å². The summed E-state index contributed by atoms with van der Waals surface area (Å²) in [5.41, 5.74) is 7.58. The largest absolute Gasteiger partial charge is 0.344 e. The third kappa shape index (κ3) is 5.11. The van der Waals surface area contributed by atoms with Crippen molar-refractivity contribution in [3.05, 3.63) is 70.7 Å². The number of benzene rings is 1. The second-order valence-electron chi connectivity index (χ2n) is 8.65. The van der Waals surface area contributed by atoms with Gasteiger partial charge >= 0.3 is 0 Å². The van der Waals surface area contributed by atoms with Gasteiger partial charge < -0.3 is 10.3 Å². The molecule has 170 valence electrons. The van der Waals surface area contributed by atoms with E-state index in [1.54, 1.807) is 12.4 Å².